The molecule has 0 aromatic rings. The van der Waals surface area contributed by atoms with Crippen LogP contribution in [0.1, 0.15) is 0 Å². The number of ketones is 1. The van der Waals surface area contributed by atoms with E-state index >= 15 is 0 Å². The zero-order chi connectivity index (χ0) is 10.2. The molecule has 13 heavy (non-hydrogen) atoms. The minimum Gasteiger partial charge on any atom is -0.477 e. The number of carbonyl (C=O) groups is 2. The summed E-state index contributed by atoms with van der Waals surface area (Å²) in [5.41, 5.74) is 0. The smallest absolute Gasteiger partial charge is 0.367 e. The number of carbonyl (C=O) groups excluding carboxylic acids is 1. The normalized spacial score (nSPS) is 40.4. The van der Waals surface area contributed by atoms with Gasteiger partial charge in [-0.3, -0.25) is 4.79 Å². The molecule has 0 radical (unpaired) electrons. The van der Waals surface area contributed by atoms with E-state index in [-0.39, 0.29) is 0 Å². The molecule has 4 N–H and O–H groups in total. The molecule has 1 fully saturated rings. The minimum atomic E-state index is -2.91. The summed E-state index contributed by atoms with van der Waals surface area (Å²) < 4.78 is 4.22. The third-order valence-electron chi connectivity index (χ3n) is 1.77. The lowest BCUT2D eigenvalue weighted by Gasteiger charge is -2.34. The van der Waals surface area contributed by atoms with Crippen molar-refractivity contribution >= 4 is 11.8 Å². The van der Waals surface area contributed by atoms with Gasteiger partial charge in [0.25, 0.3) is 5.79 Å². The number of Topliss-reactive ketones (excluding diaryl/α,β-unsaturated/α-hetero) is 1. The topological polar surface area (TPSA) is 124 Å². The van der Waals surface area contributed by atoms with Crippen molar-refractivity contribution in [3.8, 4) is 0 Å². The first-order valence-corrected chi connectivity index (χ1v) is 3.38. The van der Waals surface area contributed by atoms with Gasteiger partial charge in [-0.25, -0.2) is 4.79 Å². The van der Waals surface area contributed by atoms with E-state index < -0.39 is 36.4 Å². The summed E-state index contributed by atoms with van der Waals surface area (Å²) in [5.74, 6) is -5.64. The van der Waals surface area contributed by atoms with Gasteiger partial charge < -0.3 is 25.2 Å². The molecule has 1 aliphatic rings. The first-order chi connectivity index (χ1) is 5.89. The van der Waals surface area contributed by atoms with Crippen LogP contribution in [-0.4, -0.2) is 56.8 Å². The maximum Gasteiger partial charge on any atom is 0.367 e. The molecule has 0 amide bonds. The lowest BCUT2D eigenvalue weighted by molar-refractivity contribution is -0.281. The molecule has 0 unspecified atom stereocenters. The van der Waals surface area contributed by atoms with Gasteiger partial charge in [-0.1, -0.05) is 0 Å². The molecule has 7 heteroatoms. The van der Waals surface area contributed by atoms with Crippen molar-refractivity contribution in [1.29, 1.82) is 0 Å². The van der Waals surface area contributed by atoms with E-state index in [0.717, 1.165) is 0 Å². The molecule has 0 aromatic heterocycles. The summed E-state index contributed by atoms with van der Waals surface area (Å²) in [6.07, 6.45) is -4.11. The quantitative estimate of drug-likeness (QED) is 0.350. The summed E-state index contributed by atoms with van der Waals surface area (Å²) in [4.78, 5) is 21.1. The van der Waals surface area contributed by atoms with Crippen molar-refractivity contribution in [1.82, 2.24) is 0 Å². The molecule has 7 nitrogen and oxygen atoms in total. The number of ether oxygens (including phenoxy) is 1. The molecule has 0 aliphatic carbocycles. The Hall–Kier alpha value is -1.02. The fourth-order valence-corrected chi connectivity index (χ4v) is 0.930. The van der Waals surface area contributed by atoms with Crippen molar-refractivity contribution in [3.63, 3.8) is 0 Å². The van der Waals surface area contributed by atoms with Crippen LogP contribution in [0.3, 0.4) is 0 Å². The van der Waals surface area contributed by atoms with Crippen molar-refractivity contribution in [3.05, 3.63) is 0 Å². The average Bonchev–Trinajstić information content (AvgIpc) is 2.08. The highest BCUT2D eigenvalue weighted by molar-refractivity contribution is 5.88. The van der Waals surface area contributed by atoms with Gasteiger partial charge in [0.1, 0.15) is 12.7 Å². The molecular weight excluding hydrogens is 184 g/mol. The number of carboxylic acid groups (broad SMARTS) is 1. The van der Waals surface area contributed by atoms with Crippen LogP contribution < -0.4 is 0 Å². The number of rotatable bonds is 1. The van der Waals surface area contributed by atoms with E-state index in [1.165, 1.54) is 0 Å². The number of carboxylic acids is 1. The Morgan fingerprint density at radius 3 is 2.54 bits per heavy atom. The van der Waals surface area contributed by atoms with Gasteiger partial charge in [-0.2, -0.15) is 0 Å². The van der Waals surface area contributed by atoms with Crippen LogP contribution in [0.2, 0.25) is 0 Å². The number of hydrogen-bond acceptors (Lipinski definition) is 6. The van der Waals surface area contributed by atoms with Gasteiger partial charge in [0.15, 0.2) is 11.9 Å². The van der Waals surface area contributed by atoms with Gasteiger partial charge in [0, 0.05) is 0 Å². The van der Waals surface area contributed by atoms with Gasteiger partial charge in [0.05, 0.1) is 0 Å². The van der Waals surface area contributed by atoms with Crippen molar-refractivity contribution in [2.45, 2.75) is 18.0 Å². The fraction of sp³-hybridized carbons (Fsp3) is 0.667. The maximum atomic E-state index is 10.7. The standard InChI is InChI=1S/C6H8O7/c7-2-1-13-6(12,5(10)11)4(9)3(2)8/h3-4,8-9,12H,1H2,(H,10,11)/t3-,4+,6-/m1/s1. The molecule has 0 spiro atoms. The third-order valence-corrected chi connectivity index (χ3v) is 1.77. The second-order valence-corrected chi connectivity index (χ2v) is 2.65. The first-order valence-electron chi connectivity index (χ1n) is 3.38. The Bertz CT molecular complexity index is 249. The monoisotopic (exact) mass is 192 g/mol. The molecule has 0 aromatic carbocycles. The van der Waals surface area contributed by atoms with Crippen LogP contribution in [0.5, 0.6) is 0 Å². The second-order valence-electron chi connectivity index (χ2n) is 2.65. The van der Waals surface area contributed by atoms with E-state index in [0.29, 0.717) is 0 Å². The predicted octanol–water partition coefficient (Wildman–Crippen LogP) is -2.92. The van der Waals surface area contributed by atoms with Crippen molar-refractivity contribution in [2.24, 2.45) is 0 Å². The lowest BCUT2D eigenvalue weighted by Crippen LogP contribution is -2.63. The molecule has 0 saturated carbocycles. The maximum absolute atomic E-state index is 10.7. The van der Waals surface area contributed by atoms with Gasteiger partial charge in [0.2, 0.25) is 0 Å². The van der Waals surface area contributed by atoms with Crippen LogP contribution in [0.15, 0.2) is 0 Å². The molecular formula is C6H8O7. The Morgan fingerprint density at radius 1 is 1.54 bits per heavy atom. The summed E-state index contributed by atoms with van der Waals surface area (Å²) >= 11 is 0. The zero-order valence-corrected chi connectivity index (χ0v) is 6.38. The number of aliphatic hydroxyl groups excluding tert-OH is 2. The highest BCUT2D eigenvalue weighted by Crippen LogP contribution is 2.21. The largest absolute Gasteiger partial charge is 0.477 e. The van der Waals surface area contributed by atoms with Crippen LogP contribution >= 0.6 is 0 Å². The molecule has 0 bridgehead atoms. The SMILES string of the molecule is O=C1CO[C@@](O)(C(=O)O)[C@@H](O)[C@@H]1O. The van der Waals surface area contributed by atoms with E-state index in [2.05, 4.69) is 4.74 Å². The third kappa shape index (κ3) is 1.42. The molecule has 1 heterocycles. The van der Waals surface area contributed by atoms with Crippen molar-refractivity contribution in [2.75, 3.05) is 6.61 Å². The first kappa shape index (κ1) is 10.1. The molecule has 1 aliphatic heterocycles. The predicted molar refractivity (Wildman–Crippen MR) is 35.6 cm³/mol. The van der Waals surface area contributed by atoms with Gasteiger partial charge in [-0.05, 0) is 0 Å². The summed E-state index contributed by atoms with van der Waals surface area (Å²) in [7, 11) is 0. The van der Waals surface area contributed by atoms with Crippen LogP contribution in [0.4, 0.5) is 0 Å². The minimum absolute atomic E-state index is 0.749. The number of aliphatic carboxylic acids is 1. The number of hydrogen-bond donors (Lipinski definition) is 4. The molecule has 3 atom stereocenters. The van der Waals surface area contributed by atoms with Crippen molar-refractivity contribution < 1.29 is 34.8 Å². The summed E-state index contributed by atoms with van der Waals surface area (Å²) in [6.45, 7) is -0.749. The fourth-order valence-electron chi connectivity index (χ4n) is 0.930. The Labute approximate surface area is 72.2 Å². The van der Waals surface area contributed by atoms with E-state index in [1.807, 2.05) is 0 Å². The molecule has 1 saturated heterocycles. The second kappa shape index (κ2) is 3.04. The molecule has 74 valence electrons. The van der Waals surface area contributed by atoms with E-state index in [9.17, 15) is 9.59 Å². The van der Waals surface area contributed by atoms with Crippen LogP contribution in [-0.2, 0) is 14.3 Å². The highest BCUT2D eigenvalue weighted by atomic mass is 16.7. The van der Waals surface area contributed by atoms with Gasteiger partial charge >= 0.3 is 5.97 Å². The summed E-state index contributed by atoms with van der Waals surface area (Å²) in [6, 6.07) is 0. The van der Waals surface area contributed by atoms with Gasteiger partial charge in [-0.15, -0.1) is 0 Å². The van der Waals surface area contributed by atoms with Crippen LogP contribution in [0.25, 0.3) is 0 Å². The average molecular weight is 192 g/mol. The summed E-state index contributed by atoms with van der Waals surface area (Å²) in [5, 5.41) is 35.5. The Morgan fingerprint density at radius 2 is 2.08 bits per heavy atom. The number of aliphatic hydroxyl groups is 3. The Balaban J connectivity index is 2.92. The molecule has 1 rings (SSSR count). The Kier molecular flexibility index (Phi) is 2.35. The van der Waals surface area contributed by atoms with Crippen LogP contribution in [0, 0.1) is 0 Å². The zero-order valence-electron chi connectivity index (χ0n) is 6.38. The lowest BCUT2D eigenvalue weighted by atomic mass is 9.98. The van der Waals surface area contributed by atoms with E-state index in [4.69, 9.17) is 20.4 Å². The van der Waals surface area contributed by atoms with E-state index in [1.54, 1.807) is 0 Å². The highest BCUT2D eigenvalue weighted by Gasteiger charge is 2.54.